The van der Waals surface area contributed by atoms with Gasteiger partial charge in [-0.05, 0) is 6.92 Å². The molecular formula is C6H6FeO3+3. The number of hydrogen-bond acceptors (Lipinski definition) is 3. The zero-order valence-corrected chi connectivity index (χ0v) is 6.38. The van der Waals surface area contributed by atoms with Crippen molar-refractivity contribution in [1.29, 1.82) is 0 Å². The summed E-state index contributed by atoms with van der Waals surface area (Å²) in [5.74, 6) is -0.0556. The molecule has 0 saturated heterocycles. The zero-order valence-electron chi connectivity index (χ0n) is 5.27. The molecule has 1 N–H and O–H groups in total. The van der Waals surface area contributed by atoms with Crippen molar-refractivity contribution in [2.45, 2.75) is 6.92 Å². The van der Waals surface area contributed by atoms with Gasteiger partial charge in [-0.25, -0.2) is 0 Å². The van der Waals surface area contributed by atoms with Gasteiger partial charge < -0.3 is 9.52 Å². The summed E-state index contributed by atoms with van der Waals surface area (Å²) < 4.78 is 4.69. The van der Waals surface area contributed by atoms with E-state index in [1.165, 1.54) is 19.3 Å². The minimum atomic E-state index is -0.404. The first kappa shape index (κ1) is 9.27. The van der Waals surface area contributed by atoms with Gasteiger partial charge in [0.2, 0.25) is 11.2 Å². The summed E-state index contributed by atoms with van der Waals surface area (Å²) >= 11 is 0. The summed E-state index contributed by atoms with van der Waals surface area (Å²) in [5, 5.41) is 8.80. The first-order chi connectivity index (χ1) is 4.22. The van der Waals surface area contributed by atoms with Gasteiger partial charge in [0, 0.05) is 6.07 Å². The maximum absolute atomic E-state index is 10.5. The molecule has 53 valence electrons. The van der Waals surface area contributed by atoms with Crippen LogP contribution in [0.25, 0.3) is 0 Å². The summed E-state index contributed by atoms with van der Waals surface area (Å²) in [7, 11) is 0. The van der Waals surface area contributed by atoms with Crippen LogP contribution in [0.1, 0.15) is 5.76 Å². The molecule has 4 heteroatoms. The molecular weight excluding hydrogens is 176 g/mol. The first-order valence-electron chi connectivity index (χ1n) is 2.49. The molecule has 0 unspecified atom stereocenters. The van der Waals surface area contributed by atoms with Gasteiger partial charge in [-0.3, -0.25) is 4.79 Å². The number of aryl methyl sites for hydroxylation is 1. The van der Waals surface area contributed by atoms with E-state index >= 15 is 0 Å². The average molecular weight is 182 g/mol. The van der Waals surface area contributed by atoms with Crippen LogP contribution >= 0.6 is 0 Å². The molecule has 0 fully saturated rings. The van der Waals surface area contributed by atoms with E-state index < -0.39 is 5.43 Å². The SMILES string of the molecule is Cc1occc(=O)c1O.[Fe+3]. The van der Waals surface area contributed by atoms with E-state index in [0.29, 0.717) is 0 Å². The van der Waals surface area contributed by atoms with E-state index in [0.717, 1.165) is 0 Å². The summed E-state index contributed by atoms with van der Waals surface area (Å²) in [6.07, 6.45) is 1.25. The molecule has 0 aromatic carbocycles. The Morgan fingerprint density at radius 3 is 2.60 bits per heavy atom. The van der Waals surface area contributed by atoms with Gasteiger partial charge in [0.05, 0.1) is 6.26 Å². The fourth-order valence-corrected chi connectivity index (χ4v) is 0.506. The van der Waals surface area contributed by atoms with Gasteiger partial charge in [-0.1, -0.05) is 0 Å². The minimum Gasteiger partial charge on any atom is -0.502 e. The zero-order chi connectivity index (χ0) is 6.85. The first-order valence-corrected chi connectivity index (χ1v) is 2.49. The second-order valence-corrected chi connectivity index (χ2v) is 1.69. The average Bonchev–Trinajstić information content (AvgIpc) is 1.83. The standard InChI is InChI=1S/C6H6O3.Fe/c1-4-6(8)5(7)2-3-9-4;/h2-3,8H,1H3;/q;+3. The maximum atomic E-state index is 10.5. The van der Waals surface area contributed by atoms with Gasteiger partial charge in [0.25, 0.3) is 0 Å². The topological polar surface area (TPSA) is 50.4 Å². The molecule has 1 aromatic heterocycles. The van der Waals surface area contributed by atoms with E-state index in [1.807, 2.05) is 0 Å². The van der Waals surface area contributed by atoms with E-state index in [1.54, 1.807) is 0 Å². The van der Waals surface area contributed by atoms with Crippen LogP contribution in [-0.4, -0.2) is 5.11 Å². The van der Waals surface area contributed by atoms with Crippen LogP contribution in [-0.2, 0) is 17.1 Å². The molecule has 0 aliphatic heterocycles. The molecule has 0 amide bonds. The van der Waals surface area contributed by atoms with E-state index in [9.17, 15) is 4.79 Å². The Morgan fingerprint density at radius 1 is 1.60 bits per heavy atom. The fourth-order valence-electron chi connectivity index (χ4n) is 0.506. The molecule has 1 rings (SSSR count). The van der Waals surface area contributed by atoms with Crippen molar-refractivity contribution >= 4 is 0 Å². The smallest absolute Gasteiger partial charge is 0.502 e. The predicted octanol–water partition coefficient (Wildman–Crippen LogP) is 0.651. The third-order valence-corrected chi connectivity index (χ3v) is 1.03. The summed E-state index contributed by atoms with van der Waals surface area (Å²) in [5.41, 5.74) is -0.404. The van der Waals surface area contributed by atoms with Crippen molar-refractivity contribution in [3.05, 3.63) is 28.3 Å². The molecule has 10 heavy (non-hydrogen) atoms. The van der Waals surface area contributed by atoms with Gasteiger partial charge in [-0.2, -0.15) is 0 Å². The van der Waals surface area contributed by atoms with Crippen LogP contribution in [0.15, 0.2) is 21.5 Å². The van der Waals surface area contributed by atoms with Crippen LogP contribution in [0.4, 0.5) is 0 Å². The van der Waals surface area contributed by atoms with Crippen molar-refractivity contribution in [2.24, 2.45) is 0 Å². The Balaban J connectivity index is 0.000000810. The summed E-state index contributed by atoms with van der Waals surface area (Å²) in [6, 6.07) is 1.17. The van der Waals surface area contributed by atoms with Gasteiger partial charge in [-0.15, -0.1) is 0 Å². The number of aromatic hydroxyl groups is 1. The van der Waals surface area contributed by atoms with Crippen LogP contribution in [0, 0.1) is 6.92 Å². The molecule has 3 nitrogen and oxygen atoms in total. The monoisotopic (exact) mass is 182 g/mol. The maximum Gasteiger partial charge on any atom is 3.00 e. The Morgan fingerprint density at radius 2 is 2.20 bits per heavy atom. The second kappa shape index (κ2) is 3.44. The van der Waals surface area contributed by atoms with E-state index in [4.69, 9.17) is 5.11 Å². The minimum absolute atomic E-state index is 0. The predicted molar refractivity (Wildman–Crippen MR) is 31.4 cm³/mol. The van der Waals surface area contributed by atoms with Crippen molar-refractivity contribution < 1.29 is 26.6 Å². The number of hydrogen-bond donors (Lipinski definition) is 1. The van der Waals surface area contributed by atoms with E-state index in [2.05, 4.69) is 4.42 Å². The normalized spacial score (nSPS) is 8.50. The van der Waals surface area contributed by atoms with Crippen molar-refractivity contribution in [1.82, 2.24) is 0 Å². The third kappa shape index (κ3) is 1.62. The molecule has 1 radical (unpaired) electrons. The van der Waals surface area contributed by atoms with Crippen LogP contribution < -0.4 is 5.43 Å². The molecule has 0 aliphatic rings. The van der Waals surface area contributed by atoms with Crippen molar-refractivity contribution in [2.75, 3.05) is 0 Å². The number of rotatable bonds is 0. The van der Waals surface area contributed by atoms with Crippen LogP contribution in [0.5, 0.6) is 5.75 Å². The summed E-state index contributed by atoms with van der Waals surface area (Å²) in [4.78, 5) is 10.5. The third-order valence-electron chi connectivity index (χ3n) is 1.03. The quantitative estimate of drug-likeness (QED) is 0.599. The van der Waals surface area contributed by atoms with Crippen molar-refractivity contribution in [3.63, 3.8) is 0 Å². The molecule has 0 spiro atoms. The van der Waals surface area contributed by atoms with Gasteiger partial charge in [0.15, 0.2) is 0 Å². The second-order valence-electron chi connectivity index (χ2n) is 1.69. The Hall–Kier alpha value is -0.731. The van der Waals surface area contributed by atoms with Crippen molar-refractivity contribution in [3.8, 4) is 5.75 Å². The Kier molecular flexibility index (Phi) is 3.19. The Labute approximate surface area is 68.2 Å². The molecule has 0 atom stereocenters. The molecule has 1 aromatic rings. The molecule has 0 bridgehead atoms. The van der Waals surface area contributed by atoms with Crippen LogP contribution in [0.3, 0.4) is 0 Å². The molecule has 0 aliphatic carbocycles. The Bertz CT molecular complexity index is 266. The van der Waals surface area contributed by atoms with Crippen LogP contribution in [0.2, 0.25) is 0 Å². The fraction of sp³-hybridized carbons (Fsp3) is 0.167. The molecule has 1 heterocycles. The van der Waals surface area contributed by atoms with E-state index in [-0.39, 0.29) is 28.6 Å². The molecule has 0 saturated carbocycles. The van der Waals surface area contributed by atoms with Gasteiger partial charge in [0.1, 0.15) is 5.76 Å². The van der Waals surface area contributed by atoms with Gasteiger partial charge >= 0.3 is 17.1 Å². The summed E-state index contributed by atoms with van der Waals surface area (Å²) in [6.45, 7) is 1.52. The largest absolute Gasteiger partial charge is 3.00 e.